The molecule has 0 spiro atoms. The van der Waals surface area contributed by atoms with E-state index in [2.05, 4.69) is 33.2 Å². The highest BCUT2D eigenvalue weighted by Gasteiger charge is 2.20. The lowest BCUT2D eigenvalue weighted by atomic mass is 10.3. The number of rotatable bonds is 6. The molecule has 3 nitrogen and oxygen atoms in total. The van der Waals surface area contributed by atoms with Gasteiger partial charge in [-0.1, -0.05) is 0 Å². The smallest absolute Gasteiger partial charge is 0.140 e. The average molecular weight is 285 g/mol. The van der Waals surface area contributed by atoms with Crippen LogP contribution in [0.1, 0.15) is 18.4 Å². The maximum atomic E-state index is 5.54. The Morgan fingerprint density at radius 1 is 1.56 bits per heavy atom. The van der Waals surface area contributed by atoms with Crippen molar-refractivity contribution < 1.29 is 4.74 Å². The largest absolute Gasteiger partial charge is 0.379 e. The molecule has 0 amide bonds. The van der Waals surface area contributed by atoms with Gasteiger partial charge in [0.15, 0.2) is 0 Å². The first kappa shape index (κ1) is 11.9. The van der Waals surface area contributed by atoms with E-state index in [1.54, 1.807) is 0 Å². The number of anilines is 1. The van der Waals surface area contributed by atoms with E-state index >= 15 is 0 Å². The molecule has 16 heavy (non-hydrogen) atoms. The summed E-state index contributed by atoms with van der Waals surface area (Å²) in [7, 11) is 0. The summed E-state index contributed by atoms with van der Waals surface area (Å²) in [6, 6.07) is 1.98. The highest BCUT2D eigenvalue weighted by atomic mass is 79.9. The van der Waals surface area contributed by atoms with Gasteiger partial charge in [0.05, 0.1) is 11.1 Å². The molecule has 88 valence electrons. The van der Waals surface area contributed by atoms with Crippen molar-refractivity contribution in [3.8, 4) is 0 Å². The van der Waals surface area contributed by atoms with Crippen molar-refractivity contribution in [2.75, 3.05) is 25.1 Å². The molecule has 1 aromatic heterocycles. The molecular weight excluding hydrogens is 268 g/mol. The summed E-state index contributed by atoms with van der Waals surface area (Å²) in [6.07, 6.45) is 4.50. The Morgan fingerprint density at radius 2 is 2.38 bits per heavy atom. The van der Waals surface area contributed by atoms with Crippen LogP contribution in [-0.4, -0.2) is 24.7 Å². The molecule has 1 fully saturated rings. The van der Waals surface area contributed by atoms with Crippen molar-refractivity contribution in [3.63, 3.8) is 0 Å². The van der Waals surface area contributed by atoms with Gasteiger partial charge in [0.1, 0.15) is 5.82 Å². The Kier molecular flexibility index (Phi) is 4.18. The third kappa shape index (κ3) is 3.46. The molecule has 0 aliphatic heterocycles. The van der Waals surface area contributed by atoms with Crippen LogP contribution in [0.3, 0.4) is 0 Å². The monoisotopic (exact) mass is 284 g/mol. The first-order chi connectivity index (χ1) is 7.77. The Labute approximate surface area is 105 Å². The van der Waals surface area contributed by atoms with E-state index in [0.29, 0.717) is 0 Å². The van der Waals surface area contributed by atoms with Crippen LogP contribution in [0.4, 0.5) is 5.82 Å². The van der Waals surface area contributed by atoms with Gasteiger partial charge in [-0.2, -0.15) is 0 Å². The fraction of sp³-hybridized carbons (Fsp3) is 0.583. The molecule has 0 saturated heterocycles. The lowest BCUT2D eigenvalue weighted by Crippen LogP contribution is -2.12. The number of hydrogen-bond donors (Lipinski definition) is 1. The number of pyridine rings is 1. The van der Waals surface area contributed by atoms with E-state index in [9.17, 15) is 0 Å². The maximum Gasteiger partial charge on any atom is 0.140 e. The SMILES string of the molecule is Cc1ccnc(NCCOCC2CC2)c1Br. The predicted octanol–water partition coefficient (Wildman–Crippen LogP) is 2.99. The molecule has 1 heterocycles. The van der Waals surface area contributed by atoms with Crippen molar-refractivity contribution in [1.29, 1.82) is 0 Å². The molecule has 0 radical (unpaired) electrons. The first-order valence-corrected chi connectivity index (χ1v) is 6.49. The van der Waals surface area contributed by atoms with Crippen LogP contribution in [0.2, 0.25) is 0 Å². The summed E-state index contributed by atoms with van der Waals surface area (Å²) >= 11 is 3.52. The molecule has 1 aliphatic rings. The summed E-state index contributed by atoms with van der Waals surface area (Å²) < 4.78 is 6.58. The predicted molar refractivity (Wildman–Crippen MR) is 68.7 cm³/mol. The van der Waals surface area contributed by atoms with Gasteiger partial charge in [0.25, 0.3) is 0 Å². The minimum absolute atomic E-state index is 0.749. The van der Waals surface area contributed by atoms with Gasteiger partial charge < -0.3 is 10.1 Å². The summed E-state index contributed by atoms with van der Waals surface area (Å²) in [6.45, 7) is 4.53. The molecule has 0 atom stereocenters. The molecule has 2 rings (SSSR count). The molecular formula is C12H17BrN2O. The molecule has 1 aromatic rings. The average Bonchev–Trinajstić information content (AvgIpc) is 3.07. The van der Waals surface area contributed by atoms with Crippen LogP contribution in [0.5, 0.6) is 0 Å². The van der Waals surface area contributed by atoms with Crippen LogP contribution < -0.4 is 5.32 Å². The van der Waals surface area contributed by atoms with Crippen LogP contribution in [-0.2, 0) is 4.74 Å². The number of nitrogens with zero attached hydrogens (tertiary/aromatic N) is 1. The van der Waals surface area contributed by atoms with Gasteiger partial charge in [-0.25, -0.2) is 4.98 Å². The van der Waals surface area contributed by atoms with Gasteiger partial charge in [0, 0.05) is 19.3 Å². The number of ether oxygens (including phenoxy) is 1. The summed E-state index contributed by atoms with van der Waals surface area (Å²) in [4.78, 5) is 4.27. The number of aromatic nitrogens is 1. The van der Waals surface area contributed by atoms with Crippen molar-refractivity contribution in [3.05, 3.63) is 22.3 Å². The molecule has 1 N–H and O–H groups in total. The van der Waals surface area contributed by atoms with Gasteiger partial charge >= 0.3 is 0 Å². The van der Waals surface area contributed by atoms with Crippen molar-refractivity contribution in [2.24, 2.45) is 5.92 Å². The summed E-state index contributed by atoms with van der Waals surface area (Å²) in [5, 5.41) is 3.26. The standard InChI is InChI=1S/C12H17BrN2O/c1-9-4-5-14-12(11(9)13)15-6-7-16-8-10-2-3-10/h4-5,10H,2-3,6-8H2,1H3,(H,14,15). The van der Waals surface area contributed by atoms with Crippen molar-refractivity contribution in [1.82, 2.24) is 4.98 Å². The lowest BCUT2D eigenvalue weighted by molar-refractivity contribution is 0.134. The van der Waals surface area contributed by atoms with Crippen LogP contribution in [0, 0.1) is 12.8 Å². The van der Waals surface area contributed by atoms with Crippen molar-refractivity contribution >= 4 is 21.7 Å². The minimum atomic E-state index is 0.749. The summed E-state index contributed by atoms with van der Waals surface area (Å²) in [5.41, 5.74) is 1.19. The molecule has 0 bridgehead atoms. The van der Waals surface area contributed by atoms with E-state index in [1.807, 2.05) is 12.3 Å². The second-order valence-electron chi connectivity index (χ2n) is 4.24. The second kappa shape index (κ2) is 5.64. The van der Waals surface area contributed by atoms with E-state index in [4.69, 9.17) is 4.74 Å². The zero-order chi connectivity index (χ0) is 11.4. The maximum absolute atomic E-state index is 5.54. The first-order valence-electron chi connectivity index (χ1n) is 5.70. The highest BCUT2D eigenvalue weighted by Crippen LogP contribution is 2.28. The minimum Gasteiger partial charge on any atom is -0.379 e. The van der Waals surface area contributed by atoms with Gasteiger partial charge in [0.2, 0.25) is 0 Å². The third-order valence-electron chi connectivity index (χ3n) is 2.67. The number of hydrogen-bond acceptors (Lipinski definition) is 3. The number of aryl methyl sites for hydroxylation is 1. The molecule has 0 aromatic carbocycles. The third-order valence-corrected chi connectivity index (χ3v) is 3.67. The quantitative estimate of drug-likeness (QED) is 0.816. The molecule has 0 unspecified atom stereocenters. The van der Waals surface area contributed by atoms with Gasteiger partial charge in [-0.3, -0.25) is 0 Å². The van der Waals surface area contributed by atoms with E-state index < -0.39 is 0 Å². The molecule has 1 saturated carbocycles. The van der Waals surface area contributed by atoms with E-state index in [0.717, 1.165) is 36.0 Å². The summed E-state index contributed by atoms with van der Waals surface area (Å²) in [5.74, 6) is 1.74. The Bertz CT molecular complexity index is 353. The fourth-order valence-corrected chi connectivity index (χ4v) is 1.81. The topological polar surface area (TPSA) is 34.2 Å². The zero-order valence-electron chi connectivity index (χ0n) is 9.50. The van der Waals surface area contributed by atoms with Gasteiger partial charge in [-0.05, 0) is 53.2 Å². The molecule has 4 heteroatoms. The second-order valence-corrected chi connectivity index (χ2v) is 5.03. The van der Waals surface area contributed by atoms with Crippen LogP contribution in [0.15, 0.2) is 16.7 Å². The number of nitrogens with one attached hydrogen (secondary N) is 1. The van der Waals surface area contributed by atoms with Gasteiger partial charge in [-0.15, -0.1) is 0 Å². The Morgan fingerprint density at radius 3 is 3.12 bits per heavy atom. The molecule has 1 aliphatic carbocycles. The highest BCUT2D eigenvalue weighted by molar-refractivity contribution is 9.10. The Hall–Kier alpha value is -0.610. The fourth-order valence-electron chi connectivity index (χ4n) is 1.44. The zero-order valence-corrected chi connectivity index (χ0v) is 11.1. The van der Waals surface area contributed by atoms with Crippen molar-refractivity contribution in [2.45, 2.75) is 19.8 Å². The number of halogens is 1. The normalized spacial score (nSPS) is 15.1. The van der Waals surface area contributed by atoms with E-state index in [-0.39, 0.29) is 0 Å². The lowest BCUT2D eigenvalue weighted by Gasteiger charge is -2.09. The Balaban J connectivity index is 1.69. The van der Waals surface area contributed by atoms with Crippen LogP contribution in [0.25, 0.3) is 0 Å². The van der Waals surface area contributed by atoms with Crippen LogP contribution >= 0.6 is 15.9 Å². The van der Waals surface area contributed by atoms with E-state index in [1.165, 1.54) is 18.4 Å².